The molecule has 1 aromatic carbocycles. The van der Waals surface area contributed by atoms with Crippen molar-refractivity contribution in [3.05, 3.63) is 23.5 Å². The molecule has 0 aliphatic carbocycles. The lowest BCUT2D eigenvalue weighted by Gasteiger charge is -2.54. The van der Waals surface area contributed by atoms with E-state index in [1.165, 1.54) is 19.4 Å². The number of carbonyl (C=O) groups excluding carboxylic acids is 1. The second-order valence-electron chi connectivity index (χ2n) is 8.12. The van der Waals surface area contributed by atoms with Gasteiger partial charge in [0.2, 0.25) is 0 Å². The fraction of sp³-hybridized carbons (Fsp3) is 0.571. The highest BCUT2D eigenvalue weighted by molar-refractivity contribution is 6.05. The van der Waals surface area contributed by atoms with E-state index in [2.05, 4.69) is 16.6 Å². The molecule has 0 bridgehead atoms. The Hall–Kier alpha value is -2.50. The maximum atomic E-state index is 14.3. The molecule has 2 fully saturated rings. The molecule has 2 N–H and O–H groups in total. The number of halogens is 1. The van der Waals surface area contributed by atoms with Crippen molar-refractivity contribution in [1.29, 1.82) is 5.26 Å². The minimum Gasteiger partial charge on any atom is -0.493 e. The number of nitriles is 1. The molecule has 0 saturated carbocycles. The Kier molecular flexibility index (Phi) is 5.05. The van der Waals surface area contributed by atoms with Crippen LogP contribution in [-0.2, 0) is 9.53 Å². The minimum atomic E-state index is -0.813. The third-order valence-corrected chi connectivity index (χ3v) is 6.75. The summed E-state index contributed by atoms with van der Waals surface area (Å²) in [6, 6.07) is 3.04. The van der Waals surface area contributed by atoms with Gasteiger partial charge >= 0.3 is 5.97 Å². The molecule has 3 aliphatic heterocycles. The molecule has 4 atom stereocenters. The normalized spacial score (nSPS) is 30.4. The van der Waals surface area contributed by atoms with E-state index in [0.717, 1.165) is 37.2 Å². The number of fused-ring (bicyclic) bond motifs is 5. The fourth-order valence-electron chi connectivity index (χ4n) is 5.37. The highest BCUT2D eigenvalue weighted by Crippen LogP contribution is 2.51. The average molecular weight is 400 g/mol. The number of hydrogen-bond donors (Lipinski definition) is 1. The van der Waals surface area contributed by atoms with Gasteiger partial charge in [0.15, 0.2) is 11.6 Å². The highest BCUT2D eigenvalue weighted by atomic mass is 19.1. The van der Waals surface area contributed by atoms with Gasteiger partial charge in [-0.1, -0.05) is 13.3 Å². The van der Waals surface area contributed by atoms with Crippen molar-refractivity contribution in [2.24, 2.45) is 22.6 Å². The first-order valence-electron chi connectivity index (χ1n) is 10.0. The maximum Gasteiger partial charge on any atom is 0.321 e. The number of hydrogen-bond acceptors (Lipinski definition) is 7. The molecular weight excluding hydrogens is 375 g/mol. The van der Waals surface area contributed by atoms with E-state index in [1.54, 1.807) is 6.07 Å². The molecule has 1 unspecified atom stereocenters. The van der Waals surface area contributed by atoms with Gasteiger partial charge in [0.1, 0.15) is 5.66 Å². The first-order valence-corrected chi connectivity index (χ1v) is 10.0. The number of carbonyl (C=O) groups is 1. The number of aliphatic imine (C=N–C) groups is 1. The number of nitrogens with two attached hydrogens (primary N) is 1. The second kappa shape index (κ2) is 7.39. The van der Waals surface area contributed by atoms with Crippen molar-refractivity contribution in [2.75, 3.05) is 20.2 Å². The number of methoxy groups -OCH3 is 1. The maximum absolute atomic E-state index is 14.3. The van der Waals surface area contributed by atoms with Crippen molar-refractivity contribution < 1.29 is 18.7 Å². The fourth-order valence-corrected chi connectivity index (χ4v) is 5.37. The van der Waals surface area contributed by atoms with Gasteiger partial charge in [-0.05, 0) is 36.8 Å². The Balaban J connectivity index is 1.68. The highest BCUT2D eigenvalue weighted by Gasteiger charge is 2.53. The Morgan fingerprint density at radius 2 is 2.28 bits per heavy atom. The van der Waals surface area contributed by atoms with Crippen LogP contribution in [0.1, 0.15) is 44.1 Å². The third-order valence-electron chi connectivity index (χ3n) is 6.75. The zero-order chi connectivity index (χ0) is 20.8. The summed E-state index contributed by atoms with van der Waals surface area (Å²) in [5.74, 6) is -0.512. The van der Waals surface area contributed by atoms with Crippen molar-refractivity contribution in [3.63, 3.8) is 0 Å². The molecule has 3 aliphatic rings. The number of benzene rings is 1. The van der Waals surface area contributed by atoms with E-state index in [4.69, 9.17) is 20.7 Å². The van der Waals surface area contributed by atoms with E-state index in [1.807, 2.05) is 0 Å². The molecule has 0 amide bonds. The van der Waals surface area contributed by atoms with Gasteiger partial charge in [-0.2, -0.15) is 0 Å². The largest absolute Gasteiger partial charge is 0.493 e. The lowest BCUT2D eigenvalue weighted by atomic mass is 9.70. The van der Waals surface area contributed by atoms with Crippen LogP contribution >= 0.6 is 0 Å². The molecule has 154 valence electrons. The number of rotatable bonds is 4. The van der Waals surface area contributed by atoms with Crippen molar-refractivity contribution in [3.8, 4) is 12.0 Å². The van der Waals surface area contributed by atoms with Crippen molar-refractivity contribution in [1.82, 2.24) is 4.90 Å². The molecule has 8 heteroatoms. The average Bonchev–Trinajstić information content (AvgIpc) is 3.07. The first-order chi connectivity index (χ1) is 13.9. The third kappa shape index (κ3) is 3.09. The van der Waals surface area contributed by atoms with Gasteiger partial charge in [-0.15, -0.1) is 5.26 Å². The van der Waals surface area contributed by atoms with Crippen LogP contribution in [-0.4, -0.2) is 42.4 Å². The molecule has 1 aromatic rings. The van der Waals surface area contributed by atoms with Crippen LogP contribution in [0.25, 0.3) is 0 Å². The summed E-state index contributed by atoms with van der Waals surface area (Å²) in [7, 11) is 1.47. The van der Waals surface area contributed by atoms with Crippen molar-refractivity contribution in [2.45, 2.75) is 44.2 Å². The van der Waals surface area contributed by atoms with Crippen LogP contribution in [0.15, 0.2) is 17.1 Å². The van der Waals surface area contributed by atoms with Crippen LogP contribution in [0.5, 0.6) is 5.75 Å². The van der Waals surface area contributed by atoms with Crippen molar-refractivity contribution >= 4 is 17.4 Å². The smallest absolute Gasteiger partial charge is 0.321 e. The number of esters is 1. The lowest BCUT2D eigenvalue weighted by Crippen LogP contribution is -2.70. The SMILES string of the molecule is CC[C@@H]1CN2CCC3C(=Nc4ccc(F)c(OC)c43)[C@@]2(N)C[C@@H]1CC(=O)OC#N. The predicted molar refractivity (Wildman–Crippen MR) is 104 cm³/mol. The summed E-state index contributed by atoms with van der Waals surface area (Å²) >= 11 is 0. The van der Waals surface area contributed by atoms with Gasteiger partial charge in [-0.25, -0.2) is 4.39 Å². The molecule has 2 saturated heterocycles. The molecule has 29 heavy (non-hydrogen) atoms. The number of piperidine rings is 2. The molecule has 0 radical (unpaired) electrons. The van der Waals surface area contributed by atoms with Gasteiger partial charge in [-0.3, -0.25) is 14.7 Å². The van der Waals surface area contributed by atoms with E-state index in [-0.39, 0.29) is 29.9 Å². The molecular formula is C21H25FN4O3. The van der Waals surface area contributed by atoms with Gasteiger partial charge in [0.25, 0.3) is 6.26 Å². The van der Waals surface area contributed by atoms with Crippen LogP contribution in [0.2, 0.25) is 0 Å². The van der Waals surface area contributed by atoms with Crippen LogP contribution < -0.4 is 10.5 Å². The summed E-state index contributed by atoms with van der Waals surface area (Å²) in [6.45, 7) is 3.62. The molecule has 7 nitrogen and oxygen atoms in total. The Morgan fingerprint density at radius 3 is 2.97 bits per heavy atom. The predicted octanol–water partition coefficient (Wildman–Crippen LogP) is 2.83. The van der Waals surface area contributed by atoms with E-state index in [0.29, 0.717) is 12.1 Å². The van der Waals surface area contributed by atoms with E-state index in [9.17, 15) is 9.18 Å². The Labute approximate surface area is 169 Å². The molecule has 4 rings (SSSR count). The molecule has 3 heterocycles. The standard InChI is InChI=1S/C21H25FN4O3/c1-3-12-10-26-7-6-14-18-16(5-4-15(22)19(18)28-2)25-20(14)21(26,24)9-13(12)8-17(27)29-11-23/h4-5,12-14H,3,6-10,24H2,1-2H3/t12-,13+,14?,21-/m1/s1. The summed E-state index contributed by atoms with van der Waals surface area (Å²) in [4.78, 5) is 19.0. The summed E-state index contributed by atoms with van der Waals surface area (Å²) in [5, 5.41) is 8.63. The topological polar surface area (TPSA) is 101 Å². The minimum absolute atomic E-state index is 0.00843. The molecule has 0 spiro atoms. The quantitative estimate of drug-likeness (QED) is 0.616. The lowest BCUT2D eigenvalue weighted by molar-refractivity contribution is -0.139. The van der Waals surface area contributed by atoms with Crippen LogP contribution in [0, 0.1) is 29.2 Å². The summed E-state index contributed by atoms with van der Waals surface area (Å²) in [6.07, 6.45) is 3.86. The van der Waals surface area contributed by atoms with Crippen LogP contribution in [0.4, 0.5) is 10.1 Å². The van der Waals surface area contributed by atoms with Gasteiger partial charge < -0.3 is 15.2 Å². The van der Waals surface area contributed by atoms with E-state index >= 15 is 0 Å². The zero-order valence-electron chi connectivity index (χ0n) is 16.7. The first kappa shape index (κ1) is 19.8. The van der Waals surface area contributed by atoms with Crippen LogP contribution in [0.3, 0.4) is 0 Å². The van der Waals surface area contributed by atoms with E-state index < -0.39 is 17.4 Å². The van der Waals surface area contributed by atoms with Gasteiger partial charge in [0, 0.05) is 24.6 Å². The molecule has 0 aromatic heterocycles. The summed E-state index contributed by atoms with van der Waals surface area (Å²) in [5.41, 5.74) is 8.43. The second-order valence-corrected chi connectivity index (χ2v) is 8.12. The monoisotopic (exact) mass is 400 g/mol. The summed E-state index contributed by atoms with van der Waals surface area (Å²) < 4.78 is 24.2. The number of ether oxygens (including phenoxy) is 2. The Bertz CT molecular complexity index is 912. The Morgan fingerprint density at radius 1 is 1.48 bits per heavy atom. The number of nitrogens with zero attached hydrogens (tertiary/aromatic N) is 3. The zero-order valence-corrected chi connectivity index (χ0v) is 16.7. The van der Waals surface area contributed by atoms with Gasteiger partial charge in [0.05, 0.1) is 24.9 Å².